The lowest BCUT2D eigenvalue weighted by molar-refractivity contribution is -0.141. The summed E-state index contributed by atoms with van der Waals surface area (Å²) in [4.78, 5) is 24.5. The highest BCUT2D eigenvalue weighted by Crippen LogP contribution is 2.27. The number of carboxylic acids is 1. The molecule has 1 aromatic carbocycles. The quantitative estimate of drug-likeness (QED) is 0.852. The number of rotatable bonds is 3. The standard InChI is InChI=1S/C15H16N2O3/c1-10(18)11-4-5-12(8-16)14(7-11)17-6-2-3-13(9-17)15(19)20/h4-5,7,13H,2-3,6,9H2,1H3,(H,19,20). The van der Waals surface area contributed by atoms with E-state index in [-0.39, 0.29) is 5.78 Å². The largest absolute Gasteiger partial charge is 0.481 e. The highest BCUT2D eigenvalue weighted by atomic mass is 16.4. The smallest absolute Gasteiger partial charge is 0.308 e. The fourth-order valence-electron chi connectivity index (χ4n) is 2.50. The van der Waals surface area contributed by atoms with Crippen molar-refractivity contribution in [2.75, 3.05) is 18.0 Å². The Morgan fingerprint density at radius 2 is 2.20 bits per heavy atom. The predicted molar refractivity (Wildman–Crippen MR) is 73.7 cm³/mol. The molecule has 104 valence electrons. The molecular weight excluding hydrogens is 256 g/mol. The summed E-state index contributed by atoms with van der Waals surface area (Å²) in [6, 6.07) is 7.04. The van der Waals surface area contributed by atoms with Gasteiger partial charge >= 0.3 is 5.97 Å². The van der Waals surface area contributed by atoms with Crippen LogP contribution in [-0.2, 0) is 4.79 Å². The Morgan fingerprint density at radius 3 is 2.80 bits per heavy atom. The first-order valence-corrected chi connectivity index (χ1v) is 6.55. The second-order valence-electron chi connectivity index (χ2n) is 5.02. The number of piperidine rings is 1. The first-order valence-electron chi connectivity index (χ1n) is 6.55. The van der Waals surface area contributed by atoms with Crippen molar-refractivity contribution in [1.82, 2.24) is 0 Å². The van der Waals surface area contributed by atoms with Gasteiger partial charge in [0.25, 0.3) is 0 Å². The number of carbonyl (C=O) groups excluding carboxylic acids is 1. The average Bonchev–Trinajstić information content (AvgIpc) is 2.46. The normalized spacial score (nSPS) is 18.4. The van der Waals surface area contributed by atoms with Gasteiger partial charge in [0, 0.05) is 18.7 Å². The Morgan fingerprint density at radius 1 is 1.45 bits per heavy atom. The van der Waals surface area contributed by atoms with Crippen molar-refractivity contribution in [1.29, 1.82) is 5.26 Å². The molecule has 2 rings (SSSR count). The number of Topliss-reactive ketones (excluding diaryl/α,β-unsaturated/α-hetero) is 1. The topological polar surface area (TPSA) is 81.4 Å². The van der Waals surface area contributed by atoms with E-state index in [0.29, 0.717) is 36.3 Å². The molecule has 0 saturated carbocycles. The molecule has 1 unspecified atom stereocenters. The Bertz CT molecular complexity index is 589. The van der Waals surface area contributed by atoms with Gasteiger partial charge in [-0.05, 0) is 38.0 Å². The molecule has 0 spiro atoms. The Labute approximate surface area is 117 Å². The lowest BCUT2D eigenvalue weighted by atomic mass is 9.96. The highest BCUT2D eigenvalue weighted by molar-refractivity contribution is 5.95. The molecule has 1 aromatic rings. The van der Waals surface area contributed by atoms with Crippen LogP contribution in [0, 0.1) is 17.2 Å². The van der Waals surface area contributed by atoms with E-state index in [4.69, 9.17) is 5.11 Å². The van der Waals surface area contributed by atoms with Crippen LogP contribution in [0.3, 0.4) is 0 Å². The van der Waals surface area contributed by atoms with Crippen molar-refractivity contribution in [2.24, 2.45) is 5.92 Å². The van der Waals surface area contributed by atoms with E-state index in [1.165, 1.54) is 6.92 Å². The molecule has 1 aliphatic heterocycles. The van der Waals surface area contributed by atoms with Crippen molar-refractivity contribution in [3.8, 4) is 6.07 Å². The number of carbonyl (C=O) groups is 2. The molecule has 1 heterocycles. The van der Waals surface area contributed by atoms with Crippen LogP contribution in [0.2, 0.25) is 0 Å². The number of nitrogens with zero attached hydrogens (tertiary/aromatic N) is 2. The van der Waals surface area contributed by atoms with Crippen LogP contribution in [0.15, 0.2) is 18.2 Å². The zero-order valence-electron chi connectivity index (χ0n) is 11.3. The summed E-state index contributed by atoms with van der Waals surface area (Å²) in [7, 11) is 0. The second kappa shape index (κ2) is 5.74. The summed E-state index contributed by atoms with van der Waals surface area (Å²) in [6.07, 6.45) is 1.42. The second-order valence-corrected chi connectivity index (χ2v) is 5.02. The van der Waals surface area contributed by atoms with Gasteiger partial charge in [0.05, 0.1) is 17.2 Å². The van der Waals surface area contributed by atoms with Gasteiger partial charge in [0.1, 0.15) is 6.07 Å². The van der Waals surface area contributed by atoms with E-state index in [2.05, 4.69) is 6.07 Å². The van der Waals surface area contributed by atoms with Gasteiger partial charge in [-0.2, -0.15) is 5.26 Å². The van der Waals surface area contributed by atoms with Crippen LogP contribution >= 0.6 is 0 Å². The van der Waals surface area contributed by atoms with E-state index >= 15 is 0 Å². The molecule has 1 atom stereocenters. The molecule has 20 heavy (non-hydrogen) atoms. The van der Waals surface area contributed by atoms with Crippen molar-refractivity contribution < 1.29 is 14.7 Å². The van der Waals surface area contributed by atoms with Gasteiger partial charge in [0.2, 0.25) is 0 Å². The predicted octanol–water partition coefficient (Wildman–Crippen LogP) is 2.06. The number of aliphatic carboxylic acids is 1. The van der Waals surface area contributed by atoms with Crippen molar-refractivity contribution in [3.63, 3.8) is 0 Å². The summed E-state index contributed by atoms with van der Waals surface area (Å²) in [5.41, 5.74) is 1.67. The minimum Gasteiger partial charge on any atom is -0.481 e. The third-order valence-corrected chi connectivity index (χ3v) is 3.64. The van der Waals surface area contributed by atoms with Gasteiger partial charge in [-0.25, -0.2) is 0 Å². The van der Waals surface area contributed by atoms with Crippen molar-refractivity contribution >= 4 is 17.4 Å². The molecule has 5 heteroatoms. The monoisotopic (exact) mass is 272 g/mol. The number of anilines is 1. The number of carboxylic acid groups (broad SMARTS) is 1. The number of hydrogen-bond donors (Lipinski definition) is 1. The van der Waals surface area contributed by atoms with Crippen LogP contribution in [0.25, 0.3) is 0 Å². The molecular formula is C15H16N2O3. The van der Waals surface area contributed by atoms with E-state index in [9.17, 15) is 14.9 Å². The van der Waals surface area contributed by atoms with Gasteiger partial charge in [-0.1, -0.05) is 0 Å². The summed E-state index contributed by atoms with van der Waals surface area (Å²) in [5.74, 6) is -1.30. The Kier molecular flexibility index (Phi) is 4.04. The summed E-state index contributed by atoms with van der Waals surface area (Å²) < 4.78 is 0. The Balaban J connectivity index is 2.35. The molecule has 1 N–H and O–H groups in total. The molecule has 1 aliphatic rings. The molecule has 0 amide bonds. The molecule has 0 radical (unpaired) electrons. The lowest BCUT2D eigenvalue weighted by Gasteiger charge is -2.33. The third-order valence-electron chi connectivity index (χ3n) is 3.64. The van der Waals surface area contributed by atoms with Crippen molar-refractivity contribution in [3.05, 3.63) is 29.3 Å². The Hall–Kier alpha value is -2.35. The SMILES string of the molecule is CC(=O)c1ccc(C#N)c(N2CCCC(C(=O)O)C2)c1. The zero-order valence-corrected chi connectivity index (χ0v) is 11.3. The van der Waals surface area contributed by atoms with E-state index in [1.54, 1.807) is 18.2 Å². The lowest BCUT2D eigenvalue weighted by Crippen LogP contribution is -2.39. The van der Waals surface area contributed by atoms with Gasteiger partial charge in [-0.3, -0.25) is 9.59 Å². The average molecular weight is 272 g/mol. The first-order chi connectivity index (χ1) is 9.52. The van der Waals surface area contributed by atoms with E-state index in [1.807, 2.05) is 4.90 Å². The van der Waals surface area contributed by atoms with Crippen LogP contribution in [0.5, 0.6) is 0 Å². The maximum Gasteiger partial charge on any atom is 0.308 e. The number of nitriles is 1. The fourth-order valence-corrected chi connectivity index (χ4v) is 2.50. The molecule has 0 aliphatic carbocycles. The van der Waals surface area contributed by atoms with E-state index < -0.39 is 11.9 Å². The minimum atomic E-state index is -0.809. The van der Waals surface area contributed by atoms with Crippen LogP contribution in [0.1, 0.15) is 35.7 Å². The number of hydrogen-bond acceptors (Lipinski definition) is 4. The summed E-state index contributed by atoms with van der Waals surface area (Å²) in [6.45, 7) is 2.56. The number of ketones is 1. The molecule has 0 bridgehead atoms. The third kappa shape index (κ3) is 2.80. The molecule has 1 saturated heterocycles. The molecule has 5 nitrogen and oxygen atoms in total. The number of benzene rings is 1. The van der Waals surface area contributed by atoms with Crippen LogP contribution < -0.4 is 4.90 Å². The van der Waals surface area contributed by atoms with Gasteiger partial charge in [0.15, 0.2) is 5.78 Å². The summed E-state index contributed by atoms with van der Waals surface area (Å²) >= 11 is 0. The molecule has 0 aromatic heterocycles. The van der Waals surface area contributed by atoms with Crippen molar-refractivity contribution in [2.45, 2.75) is 19.8 Å². The minimum absolute atomic E-state index is 0.0671. The van der Waals surface area contributed by atoms with Gasteiger partial charge in [-0.15, -0.1) is 0 Å². The molecule has 1 fully saturated rings. The first kappa shape index (κ1) is 14.1. The fraction of sp³-hybridized carbons (Fsp3) is 0.400. The van der Waals surface area contributed by atoms with Crippen LogP contribution in [-0.4, -0.2) is 29.9 Å². The van der Waals surface area contributed by atoms with E-state index in [0.717, 1.165) is 6.42 Å². The van der Waals surface area contributed by atoms with Crippen LogP contribution in [0.4, 0.5) is 5.69 Å². The summed E-state index contributed by atoms with van der Waals surface area (Å²) in [5, 5.41) is 18.3. The van der Waals surface area contributed by atoms with Gasteiger partial charge < -0.3 is 10.0 Å². The highest BCUT2D eigenvalue weighted by Gasteiger charge is 2.26. The maximum absolute atomic E-state index is 11.5. The zero-order chi connectivity index (χ0) is 14.7. The maximum atomic E-state index is 11.5.